The summed E-state index contributed by atoms with van der Waals surface area (Å²) in [7, 11) is 0. The first-order valence-corrected chi connectivity index (χ1v) is 8.73. The smallest absolute Gasteiger partial charge is 0.0554 e. The summed E-state index contributed by atoms with van der Waals surface area (Å²) in [5.74, 6) is 1.17. The standard InChI is InChI=1S/C20H20BrN/c1-12-6-7-13(2)19-18(12)16-4-3-5-17(16)20(22-19)14-8-10-15(21)11-9-14/h3-4,6-11,16-17,20,22H,5H2,1-2H3/t16-,17-,20-/m1/s1. The van der Waals surface area contributed by atoms with E-state index >= 15 is 0 Å². The highest BCUT2D eigenvalue weighted by Gasteiger charge is 2.38. The normalized spacial score (nSPS) is 25.5. The first-order valence-electron chi connectivity index (χ1n) is 7.94. The molecular weight excluding hydrogens is 334 g/mol. The van der Waals surface area contributed by atoms with Gasteiger partial charge in [0.2, 0.25) is 0 Å². The molecule has 3 atom stereocenters. The summed E-state index contributed by atoms with van der Waals surface area (Å²) < 4.78 is 1.14. The van der Waals surface area contributed by atoms with Crippen molar-refractivity contribution in [1.29, 1.82) is 0 Å². The van der Waals surface area contributed by atoms with Crippen LogP contribution in [0.15, 0.2) is 53.0 Å². The zero-order valence-electron chi connectivity index (χ0n) is 12.9. The molecule has 2 aliphatic rings. The van der Waals surface area contributed by atoms with E-state index < -0.39 is 0 Å². The second kappa shape index (κ2) is 5.27. The van der Waals surface area contributed by atoms with Gasteiger partial charge in [-0.2, -0.15) is 0 Å². The van der Waals surface area contributed by atoms with Crippen LogP contribution in [0.4, 0.5) is 5.69 Å². The Bertz CT molecular complexity index is 745. The summed E-state index contributed by atoms with van der Waals surface area (Å²) in [4.78, 5) is 0. The first-order chi connectivity index (χ1) is 10.6. The predicted molar refractivity (Wildman–Crippen MR) is 96.4 cm³/mol. The molecule has 0 fully saturated rings. The van der Waals surface area contributed by atoms with Crippen molar-refractivity contribution in [2.45, 2.75) is 32.2 Å². The van der Waals surface area contributed by atoms with Gasteiger partial charge in [-0.3, -0.25) is 0 Å². The molecule has 112 valence electrons. The summed E-state index contributed by atoms with van der Waals surface area (Å²) in [5.41, 5.74) is 6.99. The highest BCUT2D eigenvalue weighted by Crippen LogP contribution is 2.51. The molecule has 0 spiro atoms. The molecule has 1 aliphatic carbocycles. The number of aryl methyl sites for hydroxylation is 2. The SMILES string of the molecule is Cc1ccc(C)c2c1N[C@H](c1ccc(Br)cc1)[C@@H]1CC=C[C@@H]21. The minimum Gasteiger partial charge on any atom is -0.377 e. The number of halogens is 1. The van der Waals surface area contributed by atoms with Gasteiger partial charge in [-0.15, -0.1) is 0 Å². The maximum Gasteiger partial charge on any atom is 0.0554 e. The fourth-order valence-corrected chi connectivity index (χ4v) is 4.31. The van der Waals surface area contributed by atoms with Crippen LogP contribution in [0, 0.1) is 19.8 Å². The molecule has 2 heteroatoms. The van der Waals surface area contributed by atoms with Gasteiger partial charge in [0.25, 0.3) is 0 Å². The second-order valence-electron chi connectivity index (χ2n) is 6.52. The molecule has 0 amide bonds. The summed E-state index contributed by atoms with van der Waals surface area (Å²) in [6, 6.07) is 13.7. The number of allylic oxidation sites excluding steroid dienone is 2. The zero-order valence-corrected chi connectivity index (χ0v) is 14.5. The summed E-state index contributed by atoms with van der Waals surface area (Å²) >= 11 is 3.54. The van der Waals surface area contributed by atoms with E-state index in [0.29, 0.717) is 17.9 Å². The average Bonchev–Trinajstić information content (AvgIpc) is 3.00. The van der Waals surface area contributed by atoms with Crippen LogP contribution in [0.25, 0.3) is 0 Å². The number of fused-ring (bicyclic) bond motifs is 3. The van der Waals surface area contributed by atoms with Crippen molar-refractivity contribution in [1.82, 2.24) is 0 Å². The highest BCUT2D eigenvalue weighted by atomic mass is 79.9. The molecule has 0 unspecified atom stereocenters. The third-order valence-electron chi connectivity index (χ3n) is 5.18. The molecule has 1 nitrogen and oxygen atoms in total. The van der Waals surface area contributed by atoms with E-state index in [9.17, 15) is 0 Å². The van der Waals surface area contributed by atoms with Crippen molar-refractivity contribution >= 4 is 21.6 Å². The van der Waals surface area contributed by atoms with Crippen LogP contribution in [0.5, 0.6) is 0 Å². The van der Waals surface area contributed by atoms with E-state index in [1.54, 1.807) is 0 Å². The minimum absolute atomic E-state index is 0.390. The van der Waals surface area contributed by atoms with Gasteiger partial charge >= 0.3 is 0 Å². The Morgan fingerprint density at radius 1 is 1.00 bits per heavy atom. The van der Waals surface area contributed by atoms with E-state index in [0.717, 1.165) is 10.9 Å². The van der Waals surface area contributed by atoms with Gasteiger partial charge < -0.3 is 5.32 Å². The quantitative estimate of drug-likeness (QED) is 0.630. The number of nitrogens with one attached hydrogen (secondary N) is 1. The van der Waals surface area contributed by atoms with Gasteiger partial charge in [-0.05, 0) is 60.6 Å². The van der Waals surface area contributed by atoms with E-state index in [1.807, 2.05) is 0 Å². The Balaban J connectivity index is 1.84. The Morgan fingerprint density at radius 3 is 2.50 bits per heavy atom. The molecule has 2 aromatic rings. The lowest BCUT2D eigenvalue weighted by Crippen LogP contribution is -2.30. The molecule has 22 heavy (non-hydrogen) atoms. The lowest BCUT2D eigenvalue weighted by molar-refractivity contribution is 0.424. The van der Waals surface area contributed by atoms with Gasteiger partial charge in [0.15, 0.2) is 0 Å². The first kappa shape index (κ1) is 14.1. The van der Waals surface area contributed by atoms with Crippen molar-refractivity contribution in [2.24, 2.45) is 5.92 Å². The Morgan fingerprint density at radius 2 is 1.73 bits per heavy atom. The van der Waals surface area contributed by atoms with Gasteiger partial charge in [-0.1, -0.05) is 52.3 Å². The van der Waals surface area contributed by atoms with Crippen molar-refractivity contribution in [3.63, 3.8) is 0 Å². The fraction of sp³-hybridized carbons (Fsp3) is 0.300. The van der Waals surface area contributed by atoms with Gasteiger partial charge in [0.05, 0.1) is 6.04 Å². The number of hydrogen-bond donors (Lipinski definition) is 1. The van der Waals surface area contributed by atoms with Crippen LogP contribution in [-0.4, -0.2) is 0 Å². The number of benzene rings is 2. The van der Waals surface area contributed by atoms with Gasteiger partial charge in [0.1, 0.15) is 0 Å². The topological polar surface area (TPSA) is 12.0 Å². The molecule has 0 aromatic heterocycles. The monoisotopic (exact) mass is 353 g/mol. The Labute approximate surface area is 140 Å². The molecule has 2 aromatic carbocycles. The zero-order chi connectivity index (χ0) is 15.3. The largest absolute Gasteiger partial charge is 0.377 e. The predicted octanol–water partition coefficient (Wildman–Crippen LogP) is 5.89. The lowest BCUT2D eigenvalue weighted by Gasteiger charge is -2.39. The number of hydrogen-bond acceptors (Lipinski definition) is 1. The van der Waals surface area contributed by atoms with E-state index in [1.165, 1.54) is 27.9 Å². The summed E-state index contributed by atoms with van der Waals surface area (Å²) in [5, 5.41) is 3.86. The summed E-state index contributed by atoms with van der Waals surface area (Å²) in [6.45, 7) is 4.45. The summed E-state index contributed by atoms with van der Waals surface area (Å²) in [6.07, 6.45) is 5.94. The molecule has 4 rings (SSSR count). The van der Waals surface area contributed by atoms with Gasteiger partial charge in [-0.25, -0.2) is 0 Å². The molecule has 1 aliphatic heterocycles. The third-order valence-corrected chi connectivity index (χ3v) is 5.70. The molecule has 0 radical (unpaired) electrons. The lowest BCUT2D eigenvalue weighted by atomic mass is 9.75. The third kappa shape index (κ3) is 2.13. The van der Waals surface area contributed by atoms with Crippen LogP contribution < -0.4 is 5.32 Å². The van der Waals surface area contributed by atoms with Crippen LogP contribution in [0.2, 0.25) is 0 Å². The van der Waals surface area contributed by atoms with Crippen LogP contribution in [-0.2, 0) is 0 Å². The van der Waals surface area contributed by atoms with E-state index in [2.05, 4.69) is 83.6 Å². The average molecular weight is 354 g/mol. The van der Waals surface area contributed by atoms with Crippen LogP contribution in [0.3, 0.4) is 0 Å². The Hall–Kier alpha value is -1.54. The number of anilines is 1. The van der Waals surface area contributed by atoms with Crippen molar-refractivity contribution in [3.8, 4) is 0 Å². The molecule has 1 heterocycles. The van der Waals surface area contributed by atoms with Crippen LogP contribution in [0.1, 0.15) is 40.6 Å². The van der Waals surface area contributed by atoms with Crippen molar-refractivity contribution in [2.75, 3.05) is 5.32 Å². The van der Waals surface area contributed by atoms with Gasteiger partial charge in [0, 0.05) is 16.1 Å². The van der Waals surface area contributed by atoms with E-state index in [4.69, 9.17) is 0 Å². The highest BCUT2D eigenvalue weighted by molar-refractivity contribution is 9.10. The molecule has 1 N–H and O–H groups in total. The molecule has 0 bridgehead atoms. The molecule has 0 saturated carbocycles. The fourth-order valence-electron chi connectivity index (χ4n) is 4.04. The minimum atomic E-state index is 0.390. The molecular formula is C20H20BrN. The Kier molecular flexibility index (Phi) is 3.37. The van der Waals surface area contributed by atoms with Crippen molar-refractivity contribution < 1.29 is 0 Å². The molecule has 0 saturated heterocycles. The second-order valence-corrected chi connectivity index (χ2v) is 7.43. The van der Waals surface area contributed by atoms with Crippen LogP contribution >= 0.6 is 15.9 Å². The number of rotatable bonds is 1. The van der Waals surface area contributed by atoms with E-state index in [-0.39, 0.29) is 0 Å². The maximum absolute atomic E-state index is 3.86. The van der Waals surface area contributed by atoms with Crippen molar-refractivity contribution in [3.05, 3.63) is 75.3 Å². The maximum atomic E-state index is 3.86.